The number of primary sulfonamides is 1. The molecule has 0 atom stereocenters. The zero-order valence-corrected chi connectivity index (χ0v) is 11.3. The van der Waals surface area contributed by atoms with Crippen molar-refractivity contribution >= 4 is 21.7 Å². The van der Waals surface area contributed by atoms with E-state index in [2.05, 4.69) is 5.32 Å². The number of anilines is 1. The maximum absolute atomic E-state index is 11.0. The van der Waals surface area contributed by atoms with Gasteiger partial charge in [-0.3, -0.25) is 4.79 Å². The van der Waals surface area contributed by atoms with Crippen LogP contribution in [0, 0.1) is 0 Å². The highest BCUT2D eigenvalue weighted by Crippen LogP contribution is 2.12. The lowest BCUT2D eigenvalue weighted by atomic mass is 10.2. The largest absolute Gasteiger partial charge is 0.481 e. The Morgan fingerprint density at radius 2 is 1.79 bits per heavy atom. The van der Waals surface area contributed by atoms with Crippen molar-refractivity contribution < 1.29 is 18.3 Å². The molecule has 0 saturated carbocycles. The van der Waals surface area contributed by atoms with E-state index in [0.717, 1.165) is 18.5 Å². The third kappa shape index (κ3) is 6.21. The minimum atomic E-state index is -3.64. The molecule has 0 bridgehead atoms. The molecule has 0 spiro atoms. The molecular formula is C12H18N2O4S. The number of sulfonamides is 1. The average Bonchev–Trinajstić information content (AvgIpc) is 2.32. The van der Waals surface area contributed by atoms with Crippen LogP contribution in [0.5, 0.6) is 0 Å². The molecule has 6 nitrogen and oxygen atoms in total. The van der Waals surface area contributed by atoms with Crippen LogP contribution in [0.2, 0.25) is 0 Å². The van der Waals surface area contributed by atoms with E-state index in [0.29, 0.717) is 13.0 Å². The van der Waals surface area contributed by atoms with Gasteiger partial charge in [0.15, 0.2) is 0 Å². The van der Waals surface area contributed by atoms with Gasteiger partial charge in [-0.2, -0.15) is 0 Å². The minimum Gasteiger partial charge on any atom is -0.481 e. The van der Waals surface area contributed by atoms with Crippen molar-refractivity contribution in [3.05, 3.63) is 24.3 Å². The van der Waals surface area contributed by atoms with Crippen LogP contribution in [0.25, 0.3) is 0 Å². The Bertz CT molecular complexity index is 511. The zero-order valence-electron chi connectivity index (χ0n) is 10.5. The summed E-state index contributed by atoms with van der Waals surface area (Å²) in [6, 6.07) is 6.19. The Hall–Kier alpha value is -1.60. The van der Waals surface area contributed by atoms with E-state index in [-0.39, 0.29) is 11.3 Å². The highest BCUT2D eigenvalue weighted by molar-refractivity contribution is 7.89. The normalized spacial score (nSPS) is 11.2. The first-order valence-corrected chi connectivity index (χ1v) is 7.53. The van der Waals surface area contributed by atoms with Crippen LogP contribution >= 0.6 is 0 Å². The summed E-state index contributed by atoms with van der Waals surface area (Å²) in [6.45, 7) is 0.717. The van der Waals surface area contributed by atoms with Gasteiger partial charge in [-0.15, -0.1) is 0 Å². The third-order valence-corrected chi connectivity index (χ3v) is 3.51. The predicted molar refractivity (Wildman–Crippen MR) is 72.4 cm³/mol. The van der Waals surface area contributed by atoms with Crippen LogP contribution in [0.3, 0.4) is 0 Å². The first kappa shape index (κ1) is 15.5. The van der Waals surface area contributed by atoms with Gasteiger partial charge in [-0.25, -0.2) is 13.6 Å². The quantitative estimate of drug-likeness (QED) is 0.626. The number of unbranched alkanes of at least 4 members (excludes halogenated alkanes) is 2. The van der Waals surface area contributed by atoms with E-state index in [1.807, 2.05) is 0 Å². The average molecular weight is 286 g/mol. The highest BCUT2D eigenvalue weighted by Gasteiger charge is 2.06. The zero-order chi connectivity index (χ0) is 14.3. The lowest BCUT2D eigenvalue weighted by molar-refractivity contribution is -0.137. The Morgan fingerprint density at radius 3 is 2.32 bits per heavy atom. The van der Waals surface area contributed by atoms with Crippen LogP contribution in [0.1, 0.15) is 25.7 Å². The topological polar surface area (TPSA) is 109 Å². The van der Waals surface area contributed by atoms with Gasteiger partial charge in [0, 0.05) is 18.7 Å². The second-order valence-corrected chi connectivity index (χ2v) is 5.76. The number of hydrogen-bond donors (Lipinski definition) is 3. The number of nitrogens with one attached hydrogen (secondary N) is 1. The number of rotatable bonds is 8. The molecule has 4 N–H and O–H groups in total. The Morgan fingerprint density at radius 1 is 1.16 bits per heavy atom. The van der Waals surface area contributed by atoms with E-state index in [4.69, 9.17) is 10.2 Å². The SMILES string of the molecule is NS(=O)(=O)c1ccc(NCCCCCC(=O)O)cc1. The van der Waals surface area contributed by atoms with E-state index in [9.17, 15) is 13.2 Å². The van der Waals surface area contributed by atoms with Gasteiger partial charge < -0.3 is 10.4 Å². The fourth-order valence-corrected chi connectivity index (χ4v) is 2.09. The summed E-state index contributed by atoms with van der Waals surface area (Å²) in [7, 11) is -3.64. The summed E-state index contributed by atoms with van der Waals surface area (Å²) in [6.07, 6.45) is 2.57. The van der Waals surface area contributed by atoms with Crippen molar-refractivity contribution in [2.45, 2.75) is 30.6 Å². The van der Waals surface area contributed by atoms with Crippen LogP contribution in [-0.2, 0) is 14.8 Å². The predicted octanol–water partition coefficient (Wildman–Crippen LogP) is 1.39. The molecule has 0 aromatic heterocycles. The Kier molecular flexibility index (Phi) is 5.78. The maximum Gasteiger partial charge on any atom is 0.303 e. The molecule has 106 valence electrons. The van der Waals surface area contributed by atoms with Crippen molar-refractivity contribution in [2.75, 3.05) is 11.9 Å². The molecule has 0 radical (unpaired) electrons. The summed E-state index contributed by atoms with van der Waals surface area (Å²) in [5.74, 6) is -0.772. The Labute approximate surface area is 112 Å². The van der Waals surface area contributed by atoms with E-state index in [1.165, 1.54) is 12.1 Å². The molecular weight excluding hydrogens is 268 g/mol. The maximum atomic E-state index is 11.0. The molecule has 0 heterocycles. The van der Waals surface area contributed by atoms with Gasteiger partial charge in [0.1, 0.15) is 0 Å². The number of carboxylic acids is 1. The molecule has 0 aliphatic rings. The molecule has 0 saturated heterocycles. The van der Waals surface area contributed by atoms with E-state index >= 15 is 0 Å². The van der Waals surface area contributed by atoms with Gasteiger partial charge in [0.2, 0.25) is 10.0 Å². The van der Waals surface area contributed by atoms with Crippen LogP contribution in [0.4, 0.5) is 5.69 Å². The third-order valence-electron chi connectivity index (χ3n) is 2.58. The second kappa shape index (κ2) is 7.10. The van der Waals surface area contributed by atoms with Gasteiger partial charge in [0.25, 0.3) is 0 Å². The highest BCUT2D eigenvalue weighted by atomic mass is 32.2. The number of aliphatic carboxylic acids is 1. The van der Waals surface area contributed by atoms with Gasteiger partial charge >= 0.3 is 5.97 Å². The van der Waals surface area contributed by atoms with Crippen molar-refractivity contribution in [1.29, 1.82) is 0 Å². The summed E-state index contributed by atoms with van der Waals surface area (Å²) >= 11 is 0. The summed E-state index contributed by atoms with van der Waals surface area (Å²) in [5, 5.41) is 16.6. The van der Waals surface area contributed by atoms with Crippen molar-refractivity contribution in [2.24, 2.45) is 5.14 Å². The lowest BCUT2D eigenvalue weighted by Crippen LogP contribution is -2.12. The number of benzene rings is 1. The summed E-state index contributed by atoms with van der Waals surface area (Å²) in [4.78, 5) is 10.4. The minimum absolute atomic E-state index is 0.0829. The molecule has 19 heavy (non-hydrogen) atoms. The summed E-state index contributed by atoms with van der Waals surface area (Å²) in [5.41, 5.74) is 0.811. The van der Waals surface area contributed by atoms with Gasteiger partial charge in [-0.1, -0.05) is 6.42 Å². The molecule has 1 aromatic carbocycles. The van der Waals surface area contributed by atoms with Crippen LogP contribution < -0.4 is 10.5 Å². The fraction of sp³-hybridized carbons (Fsp3) is 0.417. The smallest absolute Gasteiger partial charge is 0.303 e. The molecule has 1 aromatic rings. The monoisotopic (exact) mass is 286 g/mol. The van der Waals surface area contributed by atoms with Crippen LogP contribution in [0.15, 0.2) is 29.2 Å². The van der Waals surface area contributed by atoms with Crippen LogP contribution in [-0.4, -0.2) is 26.0 Å². The number of nitrogens with two attached hydrogens (primary N) is 1. The van der Waals surface area contributed by atoms with Gasteiger partial charge in [-0.05, 0) is 37.1 Å². The second-order valence-electron chi connectivity index (χ2n) is 4.20. The Balaban J connectivity index is 2.29. The van der Waals surface area contributed by atoms with Crippen molar-refractivity contribution in [3.63, 3.8) is 0 Å². The van der Waals surface area contributed by atoms with Crippen molar-refractivity contribution in [1.82, 2.24) is 0 Å². The van der Waals surface area contributed by atoms with Gasteiger partial charge in [0.05, 0.1) is 4.90 Å². The molecule has 0 aliphatic heterocycles. The number of carbonyl (C=O) groups is 1. The van der Waals surface area contributed by atoms with E-state index in [1.54, 1.807) is 12.1 Å². The molecule has 7 heteroatoms. The van der Waals surface area contributed by atoms with E-state index < -0.39 is 16.0 Å². The molecule has 1 rings (SSSR count). The molecule has 0 unspecified atom stereocenters. The summed E-state index contributed by atoms with van der Waals surface area (Å²) < 4.78 is 22.1. The first-order valence-electron chi connectivity index (χ1n) is 5.98. The molecule has 0 aliphatic carbocycles. The molecule has 0 amide bonds. The number of carboxylic acid groups (broad SMARTS) is 1. The first-order chi connectivity index (χ1) is 8.89. The number of hydrogen-bond acceptors (Lipinski definition) is 4. The van der Waals surface area contributed by atoms with Crippen molar-refractivity contribution in [3.8, 4) is 0 Å². The lowest BCUT2D eigenvalue weighted by Gasteiger charge is -2.06. The fourth-order valence-electron chi connectivity index (χ4n) is 1.57. The molecule has 0 fully saturated rings. The standard InChI is InChI=1S/C12H18N2O4S/c13-19(17,18)11-7-5-10(6-8-11)14-9-3-1-2-4-12(15)16/h5-8,14H,1-4,9H2,(H,15,16)(H2,13,17,18).